The van der Waals surface area contributed by atoms with Crippen molar-refractivity contribution in [1.29, 1.82) is 0 Å². The number of benzene rings is 1. The molecular weight excluding hydrogens is 290 g/mol. The number of aliphatic carboxylic acids is 1. The van der Waals surface area contributed by atoms with Crippen LogP contribution in [0.3, 0.4) is 0 Å². The van der Waals surface area contributed by atoms with Gasteiger partial charge in [0.2, 0.25) is 10.0 Å². The van der Waals surface area contributed by atoms with E-state index >= 15 is 0 Å². The van der Waals surface area contributed by atoms with E-state index in [-0.39, 0.29) is 10.3 Å². The van der Waals surface area contributed by atoms with Gasteiger partial charge in [-0.15, -0.1) is 0 Å². The Morgan fingerprint density at radius 3 is 2.10 bits per heavy atom. The maximum atomic E-state index is 12.5. The van der Waals surface area contributed by atoms with E-state index < -0.39 is 21.5 Å². The quantitative estimate of drug-likeness (QED) is 0.894. The lowest BCUT2D eigenvalue weighted by atomic mass is 9.87. The lowest BCUT2D eigenvalue weighted by molar-refractivity contribution is -0.142. The average molecular weight is 313 g/mol. The monoisotopic (exact) mass is 313 g/mol. The van der Waals surface area contributed by atoms with Crippen LogP contribution in [0, 0.1) is 6.92 Å². The van der Waals surface area contributed by atoms with Crippen LogP contribution in [0.4, 0.5) is 0 Å². The zero-order valence-electron chi connectivity index (χ0n) is 13.3. The Morgan fingerprint density at radius 1 is 1.14 bits per heavy atom. The topological polar surface area (TPSA) is 83.5 Å². The molecule has 0 saturated carbocycles. The second-order valence-electron chi connectivity index (χ2n) is 6.77. The third kappa shape index (κ3) is 4.04. The minimum Gasteiger partial charge on any atom is -0.480 e. The van der Waals surface area contributed by atoms with Crippen molar-refractivity contribution >= 4 is 16.0 Å². The molecule has 118 valence electrons. The smallest absolute Gasteiger partial charge is 0.324 e. The van der Waals surface area contributed by atoms with E-state index in [0.29, 0.717) is 5.56 Å². The Bertz CT molecular complexity index is 655. The van der Waals surface area contributed by atoms with Gasteiger partial charge in [0, 0.05) is 0 Å². The zero-order chi connectivity index (χ0) is 16.6. The first-order valence-corrected chi connectivity index (χ1v) is 8.14. The average Bonchev–Trinajstić information content (AvgIpc) is 2.25. The highest BCUT2D eigenvalue weighted by atomic mass is 32.2. The van der Waals surface area contributed by atoms with Crippen LogP contribution >= 0.6 is 0 Å². The van der Waals surface area contributed by atoms with Crippen molar-refractivity contribution in [2.24, 2.45) is 0 Å². The van der Waals surface area contributed by atoms with Crippen LogP contribution in [0.5, 0.6) is 0 Å². The maximum absolute atomic E-state index is 12.5. The molecule has 0 bridgehead atoms. The molecular formula is C15H23NO4S. The summed E-state index contributed by atoms with van der Waals surface area (Å²) in [5.41, 5.74) is -0.304. The molecule has 21 heavy (non-hydrogen) atoms. The Hall–Kier alpha value is -1.40. The van der Waals surface area contributed by atoms with Gasteiger partial charge in [-0.1, -0.05) is 32.9 Å². The molecule has 0 heterocycles. The molecule has 1 aromatic carbocycles. The highest BCUT2D eigenvalue weighted by Crippen LogP contribution is 2.27. The summed E-state index contributed by atoms with van der Waals surface area (Å²) in [6.07, 6.45) is 0. The zero-order valence-corrected chi connectivity index (χ0v) is 14.1. The summed E-state index contributed by atoms with van der Waals surface area (Å²) in [6, 6.07) is 5.23. The normalized spacial score (nSPS) is 13.2. The highest BCUT2D eigenvalue weighted by molar-refractivity contribution is 7.89. The number of carboxylic acids is 1. The predicted molar refractivity (Wildman–Crippen MR) is 81.9 cm³/mol. The van der Waals surface area contributed by atoms with Crippen molar-refractivity contribution in [2.75, 3.05) is 0 Å². The third-order valence-corrected chi connectivity index (χ3v) is 5.07. The summed E-state index contributed by atoms with van der Waals surface area (Å²) in [4.78, 5) is 11.2. The van der Waals surface area contributed by atoms with Gasteiger partial charge in [-0.05, 0) is 43.4 Å². The van der Waals surface area contributed by atoms with Crippen LogP contribution in [0.25, 0.3) is 0 Å². The third-order valence-electron chi connectivity index (χ3n) is 3.27. The van der Waals surface area contributed by atoms with Gasteiger partial charge in [0.05, 0.1) is 4.90 Å². The first-order valence-electron chi connectivity index (χ1n) is 6.66. The van der Waals surface area contributed by atoms with Gasteiger partial charge in [-0.2, -0.15) is 4.72 Å². The molecule has 0 fully saturated rings. The molecule has 0 amide bonds. The first-order chi connectivity index (χ1) is 9.27. The molecule has 0 unspecified atom stereocenters. The standard InChI is InChI=1S/C15H23NO4S/c1-10-7-8-11(14(2,3)4)9-12(10)21(19,20)16-15(5,6)13(17)18/h7-9,16H,1-6H3,(H,17,18). The van der Waals surface area contributed by atoms with E-state index in [1.54, 1.807) is 19.1 Å². The van der Waals surface area contributed by atoms with Crippen LogP contribution in [0.2, 0.25) is 0 Å². The molecule has 6 heteroatoms. The lowest BCUT2D eigenvalue weighted by Crippen LogP contribution is -2.49. The number of hydrogen-bond acceptors (Lipinski definition) is 3. The number of carboxylic acid groups (broad SMARTS) is 1. The SMILES string of the molecule is Cc1ccc(C(C)(C)C)cc1S(=O)(=O)NC(C)(C)C(=O)O. The molecule has 0 aliphatic heterocycles. The molecule has 1 aromatic rings. The van der Waals surface area contributed by atoms with E-state index in [1.807, 2.05) is 26.8 Å². The number of aryl methyl sites for hydroxylation is 1. The molecule has 0 saturated heterocycles. The van der Waals surface area contributed by atoms with Crippen LogP contribution < -0.4 is 4.72 Å². The summed E-state index contributed by atoms with van der Waals surface area (Å²) in [5.74, 6) is -1.23. The number of nitrogens with one attached hydrogen (secondary N) is 1. The van der Waals surface area contributed by atoms with Gasteiger partial charge in [0.25, 0.3) is 0 Å². The number of hydrogen-bond donors (Lipinski definition) is 2. The van der Waals surface area contributed by atoms with Crippen LogP contribution in [-0.4, -0.2) is 25.0 Å². The number of rotatable bonds is 4. The van der Waals surface area contributed by atoms with Gasteiger partial charge >= 0.3 is 5.97 Å². The molecule has 0 radical (unpaired) electrons. The maximum Gasteiger partial charge on any atom is 0.324 e. The predicted octanol–water partition coefficient (Wildman–Crippen LogP) is 2.43. The summed E-state index contributed by atoms with van der Waals surface area (Å²) in [6.45, 7) is 10.3. The minimum absolute atomic E-state index is 0.115. The van der Waals surface area contributed by atoms with Gasteiger partial charge in [0.1, 0.15) is 5.54 Å². The van der Waals surface area contributed by atoms with Crippen LogP contribution in [-0.2, 0) is 20.2 Å². The Balaban J connectivity index is 3.36. The fourth-order valence-electron chi connectivity index (χ4n) is 1.79. The molecule has 0 atom stereocenters. The van der Waals surface area contributed by atoms with E-state index in [9.17, 15) is 13.2 Å². The second kappa shape index (κ2) is 5.42. The molecule has 1 rings (SSSR count). The fraction of sp³-hybridized carbons (Fsp3) is 0.533. The van der Waals surface area contributed by atoms with Crippen molar-refractivity contribution in [1.82, 2.24) is 4.72 Å². The lowest BCUT2D eigenvalue weighted by Gasteiger charge is -2.24. The Labute approximate surface area is 126 Å². The van der Waals surface area contributed by atoms with Crippen molar-refractivity contribution in [3.63, 3.8) is 0 Å². The molecule has 5 nitrogen and oxygen atoms in total. The number of sulfonamides is 1. The summed E-state index contributed by atoms with van der Waals surface area (Å²) < 4.78 is 27.2. The molecule has 0 aliphatic rings. The number of carbonyl (C=O) groups is 1. The minimum atomic E-state index is -3.91. The Morgan fingerprint density at radius 2 is 1.67 bits per heavy atom. The highest BCUT2D eigenvalue weighted by Gasteiger charge is 2.34. The van der Waals surface area contributed by atoms with Crippen molar-refractivity contribution in [2.45, 2.75) is 57.4 Å². The van der Waals surface area contributed by atoms with Crippen LogP contribution in [0.15, 0.2) is 23.1 Å². The van der Waals surface area contributed by atoms with E-state index in [4.69, 9.17) is 5.11 Å². The van der Waals surface area contributed by atoms with E-state index in [2.05, 4.69) is 4.72 Å². The van der Waals surface area contributed by atoms with Gasteiger partial charge < -0.3 is 5.11 Å². The molecule has 0 aliphatic carbocycles. The second-order valence-corrected chi connectivity index (χ2v) is 8.42. The summed E-state index contributed by atoms with van der Waals surface area (Å²) in [5, 5.41) is 9.08. The van der Waals surface area contributed by atoms with E-state index in [0.717, 1.165) is 5.56 Å². The van der Waals surface area contributed by atoms with Crippen LogP contribution in [0.1, 0.15) is 45.7 Å². The van der Waals surface area contributed by atoms with Crippen molar-refractivity contribution in [3.05, 3.63) is 29.3 Å². The van der Waals surface area contributed by atoms with Crippen molar-refractivity contribution < 1.29 is 18.3 Å². The fourth-order valence-corrected chi connectivity index (χ4v) is 3.43. The first kappa shape index (κ1) is 17.7. The van der Waals surface area contributed by atoms with Gasteiger partial charge in [-0.25, -0.2) is 8.42 Å². The van der Waals surface area contributed by atoms with Crippen molar-refractivity contribution in [3.8, 4) is 0 Å². The molecule has 0 spiro atoms. The molecule has 0 aromatic heterocycles. The molecule has 2 N–H and O–H groups in total. The van der Waals surface area contributed by atoms with E-state index in [1.165, 1.54) is 13.8 Å². The summed E-state index contributed by atoms with van der Waals surface area (Å²) >= 11 is 0. The summed E-state index contributed by atoms with van der Waals surface area (Å²) in [7, 11) is -3.91. The van der Waals surface area contributed by atoms with Gasteiger partial charge in [0.15, 0.2) is 0 Å². The Kier molecular flexibility index (Phi) is 4.56. The largest absolute Gasteiger partial charge is 0.480 e. The van der Waals surface area contributed by atoms with Gasteiger partial charge in [-0.3, -0.25) is 4.79 Å².